The highest BCUT2D eigenvalue weighted by Crippen LogP contribution is 2.20. The van der Waals surface area contributed by atoms with E-state index in [4.69, 9.17) is 4.74 Å². The molecule has 0 spiro atoms. The first-order valence-corrected chi connectivity index (χ1v) is 5.29. The summed E-state index contributed by atoms with van der Waals surface area (Å²) in [5.41, 5.74) is 0.660. The van der Waals surface area contributed by atoms with Crippen LogP contribution in [0, 0.1) is 11.6 Å². The number of hydrogen-bond donors (Lipinski definition) is 1. The number of carbonyl (C=O) groups excluding carboxylic acids is 1. The maximum absolute atomic E-state index is 13.0. The zero-order valence-corrected chi connectivity index (χ0v) is 9.54. The number of H-pyrrole nitrogens is 1. The summed E-state index contributed by atoms with van der Waals surface area (Å²) in [6.45, 7) is 1.92. The minimum Gasteiger partial charge on any atom is -0.461 e. The van der Waals surface area contributed by atoms with Gasteiger partial charge in [0.2, 0.25) is 0 Å². The molecule has 1 N–H and O–H groups in total. The molecule has 0 saturated heterocycles. The molecule has 1 aromatic heterocycles. The van der Waals surface area contributed by atoms with Crippen LogP contribution in [0.15, 0.2) is 24.3 Å². The fourth-order valence-electron chi connectivity index (χ4n) is 1.48. The molecule has 2 rings (SSSR count). The highest BCUT2D eigenvalue weighted by molar-refractivity contribution is 5.88. The first-order chi connectivity index (χ1) is 8.60. The maximum atomic E-state index is 13.0. The van der Waals surface area contributed by atoms with E-state index in [0.717, 1.165) is 18.2 Å². The van der Waals surface area contributed by atoms with Crippen molar-refractivity contribution in [3.05, 3.63) is 41.6 Å². The van der Waals surface area contributed by atoms with E-state index in [1.54, 1.807) is 6.92 Å². The number of aromatic nitrogens is 2. The first kappa shape index (κ1) is 12.2. The molecule has 0 unspecified atom stereocenters. The second-order valence-corrected chi connectivity index (χ2v) is 3.55. The van der Waals surface area contributed by atoms with Crippen LogP contribution in [-0.4, -0.2) is 22.8 Å². The van der Waals surface area contributed by atoms with Crippen molar-refractivity contribution in [2.24, 2.45) is 0 Å². The van der Waals surface area contributed by atoms with Crippen LogP contribution in [0.3, 0.4) is 0 Å². The van der Waals surface area contributed by atoms with Gasteiger partial charge >= 0.3 is 5.97 Å². The molecule has 18 heavy (non-hydrogen) atoms. The monoisotopic (exact) mass is 252 g/mol. The molecular weight excluding hydrogens is 242 g/mol. The van der Waals surface area contributed by atoms with Crippen molar-refractivity contribution >= 4 is 5.97 Å². The number of esters is 1. The average molecular weight is 252 g/mol. The predicted molar refractivity (Wildman–Crippen MR) is 59.9 cm³/mol. The van der Waals surface area contributed by atoms with E-state index in [9.17, 15) is 13.6 Å². The Kier molecular flexibility index (Phi) is 3.36. The molecule has 0 saturated carbocycles. The van der Waals surface area contributed by atoms with Crippen molar-refractivity contribution in [2.75, 3.05) is 6.61 Å². The van der Waals surface area contributed by atoms with Crippen molar-refractivity contribution in [1.29, 1.82) is 0 Å². The van der Waals surface area contributed by atoms with Crippen LogP contribution < -0.4 is 0 Å². The number of benzene rings is 1. The van der Waals surface area contributed by atoms with E-state index in [2.05, 4.69) is 10.2 Å². The Morgan fingerprint density at radius 1 is 1.28 bits per heavy atom. The van der Waals surface area contributed by atoms with Crippen LogP contribution in [0.2, 0.25) is 0 Å². The van der Waals surface area contributed by atoms with Crippen LogP contribution in [0.1, 0.15) is 17.4 Å². The fourth-order valence-corrected chi connectivity index (χ4v) is 1.48. The number of aromatic amines is 1. The fraction of sp³-hybridized carbons (Fsp3) is 0.167. The van der Waals surface area contributed by atoms with E-state index < -0.39 is 17.6 Å². The van der Waals surface area contributed by atoms with Gasteiger partial charge in [-0.15, -0.1) is 0 Å². The highest BCUT2D eigenvalue weighted by atomic mass is 19.1. The SMILES string of the molecule is CCOC(=O)c1cc(-c2cc(F)cc(F)c2)n[nH]1. The molecule has 94 valence electrons. The van der Waals surface area contributed by atoms with E-state index in [0.29, 0.717) is 0 Å². The Balaban J connectivity index is 2.32. The Hall–Kier alpha value is -2.24. The maximum Gasteiger partial charge on any atom is 0.356 e. The molecule has 4 nitrogen and oxygen atoms in total. The second-order valence-electron chi connectivity index (χ2n) is 3.55. The predicted octanol–water partition coefficient (Wildman–Crippen LogP) is 2.53. The van der Waals surface area contributed by atoms with Gasteiger partial charge in [0, 0.05) is 11.6 Å². The number of ether oxygens (including phenoxy) is 1. The van der Waals surface area contributed by atoms with Gasteiger partial charge in [-0.25, -0.2) is 13.6 Å². The lowest BCUT2D eigenvalue weighted by Gasteiger charge is -1.97. The van der Waals surface area contributed by atoms with Crippen LogP contribution in [0.4, 0.5) is 8.78 Å². The van der Waals surface area contributed by atoms with E-state index >= 15 is 0 Å². The molecule has 0 radical (unpaired) electrons. The molecule has 1 heterocycles. The van der Waals surface area contributed by atoms with Gasteiger partial charge in [-0.2, -0.15) is 5.10 Å². The van der Waals surface area contributed by atoms with Crippen LogP contribution in [-0.2, 0) is 4.74 Å². The minimum atomic E-state index is -0.703. The summed E-state index contributed by atoms with van der Waals surface area (Å²) in [7, 11) is 0. The van der Waals surface area contributed by atoms with E-state index in [1.807, 2.05) is 0 Å². The van der Waals surface area contributed by atoms with Crippen molar-refractivity contribution in [2.45, 2.75) is 6.92 Å². The summed E-state index contributed by atoms with van der Waals surface area (Å²) >= 11 is 0. The van der Waals surface area contributed by atoms with Gasteiger partial charge in [0.05, 0.1) is 12.3 Å². The van der Waals surface area contributed by atoms with Gasteiger partial charge in [0.15, 0.2) is 0 Å². The molecule has 0 aliphatic rings. The van der Waals surface area contributed by atoms with Gasteiger partial charge in [-0.3, -0.25) is 5.10 Å². The lowest BCUT2D eigenvalue weighted by Crippen LogP contribution is -2.04. The summed E-state index contributed by atoms with van der Waals surface area (Å²) < 4.78 is 30.8. The Morgan fingerprint density at radius 3 is 2.56 bits per heavy atom. The zero-order valence-electron chi connectivity index (χ0n) is 9.54. The third kappa shape index (κ3) is 2.53. The minimum absolute atomic E-state index is 0.136. The molecular formula is C12H10F2N2O2. The van der Waals surface area contributed by atoms with E-state index in [-0.39, 0.29) is 23.6 Å². The van der Waals surface area contributed by atoms with Crippen molar-refractivity contribution < 1.29 is 18.3 Å². The molecule has 0 aliphatic heterocycles. The summed E-state index contributed by atoms with van der Waals surface area (Å²) in [5.74, 6) is -1.97. The van der Waals surface area contributed by atoms with Gasteiger partial charge in [0.25, 0.3) is 0 Å². The largest absolute Gasteiger partial charge is 0.461 e. The number of rotatable bonds is 3. The summed E-state index contributed by atoms with van der Waals surface area (Å²) in [4.78, 5) is 11.4. The van der Waals surface area contributed by atoms with Gasteiger partial charge in [0.1, 0.15) is 17.3 Å². The molecule has 2 aromatic rings. The van der Waals surface area contributed by atoms with Crippen molar-refractivity contribution in [3.63, 3.8) is 0 Å². The second kappa shape index (κ2) is 4.95. The van der Waals surface area contributed by atoms with E-state index in [1.165, 1.54) is 6.07 Å². The van der Waals surface area contributed by atoms with Gasteiger partial charge in [-0.05, 0) is 25.1 Å². The quantitative estimate of drug-likeness (QED) is 0.854. The van der Waals surface area contributed by atoms with Crippen LogP contribution >= 0.6 is 0 Å². The molecule has 0 aliphatic carbocycles. The molecule has 0 amide bonds. The first-order valence-electron chi connectivity index (χ1n) is 5.29. The topological polar surface area (TPSA) is 55.0 Å². The Labute approximate surface area is 102 Å². The lowest BCUT2D eigenvalue weighted by molar-refractivity contribution is 0.0519. The normalized spacial score (nSPS) is 10.4. The van der Waals surface area contributed by atoms with Gasteiger partial charge < -0.3 is 4.74 Å². The number of halogens is 2. The number of nitrogens with one attached hydrogen (secondary N) is 1. The standard InChI is InChI=1S/C12H10F2N2O2/c1-2-18-12(17)11-6-10(15-16-11)7-3-8(13)5-9(14)4-7/h3-6H,2H2,1H3,(H,15,16). The Morgan fingerprint density at radius 2 is 1.94 bits per heavy atom. The molecule has 6 heteroatoms. The number of hydrogen-bond acceptors (Lipinski definition) is 3. The summed E-state index contributed by atoms with van der Waals surface area (Å²) in [6.07, 6.45) is 0. The highest BCUT2D eigenvalue weighted by Gasteiger charge is 2.12. The molecule has 0 bridgehead atoms. The van der Waals surface area contributed by atoms with Crippen molar-refractivity contribution in [1.82, 2.24) is 10.2 Å². The molecule has 0 atom stereocenters. The average Bonchev–Trinajstić information content (AvgIpc) is 2.77. The third-order valence-electron chi connectivity index (χ3n) is 2.23. The van der Waals surface area contributed by atoms with Crippen LogP contribution in [0.5, 0.6) is 0 Å². The third-order valence-corrected chi connectivity index (χ3v) is 2.23. The summed E-state index contributed by atoms with van der Waals surface area (Å²) in [6, 6.07) is 4.41. The number of nitrogens with zero attached hydrogens (tertiary/aromatic N) is 1. The van der Waals surface area contributed by atoms with Crippen LogP contribution in [0.25, 0.3) is 11.3 Å². The zero-order chi connectivity index (χ0) is 13.1. The molecule has 0 fully saturated rings. The summed E-state index contributed by atoms with van der Waals surface area (Å²) in [5, 5.41) is 6.27. The molecule has 1 aromatic carbocycles. The Bertz CT molecular complexity index is 561. The number of carbonyl (C=O) groups is 1. The smallest absolute Gasteiger partial charge is 0.356 e. The lowest BCUT2D eigenvalue weighted by atomic mass is 10.1. The van der Waals surface area contributed by atoms with Crippen molar-refractivity contribution in [3.8, 4) is 11.3 Å². The van der Waals surface area contributed by atoms with Gasteiger partial charge in [-0.1, -0.05) is 0 Å².